The van der Waals surface area contributed by atoms with Gasteiger partial charge < -0.3 is 9.30 Å². The maximum Gasteiger partial charge on any atom is 0.0620 e. The van der Waals surface area contributed by atoms with Gasteiger partial charge in [0.25, 0.3) is 0 Å². The third-order valence-electron chi connectivity index (χ3n) is 11.3. The van der Waals surface area contributed by atoms with E-state index in [1.165, 1.54) is 103 Å². The lowest BCUT2D eigenvalue weighted by atomic mass is 10.0. The summed E-state index contributed by atoms with van der Waals surface area (Å²) < 4.78 is 5.09. The lowest BCUT2D eigenvalue weighted by Crippen LogP contribution is -2.10. The molecule has 0 saturated heterocycles. The summed E-state index contributed by atoms with van der Waals surface area (Å²) in [5, 5.41) is 7.86. The van der Waals surface area contributed by atoms with E-state index in [9.17, 15) is 0 Å². The molecule has 11 aromatic rings. The monoisotopic (exact) mass is 678 g/mol. The highest BCUT2D eigenvalue weighted by Gasteiger charge is 2.22. The van der Waals surface area contributed by atoms with E-state index in [4.69, 9.17) is 0 Å². The van der Waals surface area contributed by atoms with Crippen molar-refractivity contribution in [1.29, 1.82) is 0 Å². The van der Waals surface area contributed by atoms with Gasteiger partial charge in [-0.15, -0.1) is 11.3 Å². The van der Waals surface area contributed by atoms with E-state index < -0.39 is 0 Å². The molecular formula is C49H30N2S. The number of fused-ring (bicyclic) bond motifs is 12. The van der Waals surface area contributed by atoms with Crippen LogP contribution >= 0.6 is 11.3 Å². The Morgan fingerprint density at radius 1 is 0.404 bits per heavy atom. The molecule has 3 heterocycles. The maximum atomic E-state index is 2.45. The van der Waals surface area contributed by atoms with Crippen molar-refractivity contribution in [1.82, 2.24) is 4.40 Å². The molecule has 52 heavy (non-hydrogen) atoms. The molecule has 242 valence electrons. The summed E-state index contributed by atoms with van der Waals surface area (Å²) in [7, 11) is 0. The molecule has 0 amide bonds. The van der Waals surface area contributed by atoms with Crippen LogP contribution in [0.3, 0.4) is 0 Å². The molecule has 0 saturated carbocycles. The molecule has 1 aliphatic carbocycles. The molecule has 0 bridgehead atoms. The summed E-state index contributed by atoms with van der Waals surface area (Å²) in [5.41, 5.74) is 15.3. The largest absolute Gasteiger partial charge is 0.310 e. The quantitative estimate of drug-likeness (QED) is 0.180. The van der Waals surface area contributed by atoms with E-state index in [-0.39, 0.29) is 0 Å². The number of rotatable bonds is 4. The Morgan fingerprint density at radius 3 is 1.98 bits per heavy atom. The van der Waals surface area contributed by atoms with Gasteiger partial charge in [-0.3, -0.25) is 0 Å². The van der Waals surface area contributed by atoms with E-state index >= 15 is 0 Å². The van der Waals surface area contributed by atoms with Gasteiger partial charge in [0.05, 0.1) is 16.6 Å². The fourth-order valence-electron chi connectivity index (χ4n) is 8.99. The zero-order valence-corrected chi connectivity index (χ0v) is 29.0. The Bertz CT molecular complexity index is 3220. The van der Waals surface area contributed by atoms with E-state index in [2.05, 4.69) is 179 Å². The maximum absolute atomic E-state index is 2.45. The second-order valence-electron chi connectivity index (χ2n) is 14.1. The van der Waals surface area contributed by atoms with Crippen LogP contribution < -0.4 is 4.90 Å². The lowest BCUT2D eigenvalue weighted by Gasteiger charge is -2.26. The zero-order valence-electron chi connectivity index (χ0n) is 28.2. The van der Waals surface area contributed by atoms with Crippen LogP contribution in [0.25, 0.3) is 80.5 Å². The van der Waals surface area contributed by atoms with Crippen molar-refractivity contribution in [2.75, 3.05) is 4.90 Å². The highest BCUT2D eigenvalue weighted by molar-refractivity contribution is 7.25. The minimum atomic E-state index is 0.965. The van der Waals surface area contributed by atoms with E-state index in [0.717, 1.165) is 12.1 Å². The number of aromatic nitrogens is 1. The first-order chi connectivity index (χ1) is 25.8. The second-order valence-corrected chi connectivity index (χ2v) is 15.2. The SMILES string of the molecule is c1ccc2c(c1)Cc1cc(N(c3ccc(-c4ccc5c(c4)c4cccc6c7ccccc7n5c64)cc3)c3ccc4sc5ccccc5c4c3)ccc1-2. The molecule has 3 heteroatoms. The van der Waals surface area contributed by atoms with E-state index in [0.29, 0.717) is 0 Å². The molecule has 2 nitrogen and oxygen atoms in total. The van der Waals surface area contributed by atoms with Gasteiger partial charge in [0.1, 0.15) is 0 Å². The summed E-state index contributed by atoms with van der Waals surface area (Å²) in [6.45, 7) is 0. The van der Waals surface area contributed by atoms with Crippen LogP contribution in [0.5, 0.6) is 0 Å². The molecule has 0 fully saturated rings. The predicted molar refractivity (Wildman–Crippen MR) is 222 cm³/mol. The summed E-state index contributed by atoms with van der Waals surface area (Å²) in [4.78, 5) is 2.43. The lowest BCUT2D eigenvalue weighted by molar-refractivity contribution is 1.23. The first-order valence-electron chi connectivity index (χ1n) is 18.0. The van der Waals surface area contributed by atoms with Crippen molar-refractivity contribution < 1.29 is 0 Å². The van der Waals surface area contributed by atoms with Crippen LogP contribution in [0, 0.1) is 0 Å². The standard InChI is InChI=1S/C49H30N2S/c1-2-9-37-32(8-1)26-33-27-35(21-23-38(33)37)50(36-22-25-48-44(29-36)40-11-4-6-15-47(40)52-48)34-19-16-30(17-20-34)31-18-24-46-43(28-31)42-13-7-12-41-39-10-3-5-14-45(39)51(46)49(41)42/h1-25,27-29H,26H2. The summed E-state index contributed by atoms with van der Waals surface area (Å²) in [6, 6.07) is 63.2. The molecule has 12 rings (SSSR count). The van der Waals surface area contributed by atoms with Crippen LogP contribution in [0.15, 0.2) is 170 Å². The highest BCUT2D eigenvalue weighted by Crippen LogP contribution is 2.45. The average Bonchev–Trinajstić information content (AvgIpc) is 3.95. The van der Waals surface area contributed by atoms with Gasteiger partial charge in [0.2, 0.25) is 0 Å². The van der Waals surface area contributed by atoms with Crippen LogP contribution in [-0.4, -0.2) is 4.40 Å². The van der Waals surface area contributed by atoms with Crippen molar-refractivity contribution in [3.8, 4) is 22.3 Å². The molecule has 0 spiro atoms. The van der Waals surface area contributed by atoms with Gasteiger partial charge in [0.15, 0.2) is 0 Å². The molecule has 0 N–H and O–H groups in total. The van der Waals surface area contributed by atoms with Crippen molar-refractivity contribution >= 4 is 86.7 Å². The topological polar surface area (TPSA) is 7.65 Å². The van der Waals surface area contributed by atoms with Gasteiger partial charge in [-0.1, -0.05) is 103 Å². The smallest absolute Gasteiger partial charge is 0.0620 e. The Hall–Kier alpha value is -6.42. The third-order valence-corrected chi connectivity index (χ3v) is 12.5. The Kier molecular flexibility index (Phi) is 5.74. The molecule has 0 aliphatic heterocycles. The van der Waals surface area contributed by atoms with Gasteiger partial charge >= 0.3 is 0 Å². The van der Waals surface area contributed by atoms with Crippen LogP contribution in [0.1, 0.15) is 11.1 Å². The van der Waals surface area contributed by atoms with Crippen LogP contribution in [0.2, 0.25) is 0 Å². The van der Waals surface area contributed by atoms with Crippen molar-refractivity contribution in [2.24, 2.45) is 0 Å². The van der Waals surface area contributed by atoms with Gasteiger partial charge in [-0.25, -0.2) is 0 Å². The zero-order chi connectivity index (χ0) is 33.9. The first kappa shape index (κ1) is 28.3. The molecule has 0 atom stereocenters. The Morgan fingerprint density at radius 2 is 1.06 bits per heavy atom. The second kappa shape index (κ2) is 10.6. The number of anilines is 3. The normalized spacial score (nSPS) is 12.5. The molecule has 0 radical (unpaired) electrons. The van der Waals surface area contributed by atoms with Gasteiger partial charge in [0, 0.05) is 58.8 Å². The Balaban J connectivity index is 0.993. The van der Waals surface area contributed by atoms with Crippen molar-refractivity contribution in [3.05, 3.63) is 181 Å². The molecular weight excluding hydrogens is 649 g/mol. The van der Waals surface area contributed by atoms with Crippen LogP contribution in [-0.2, 0) is 6.42 Å². The van der Waals surface area contributed by atoms with Crippen molar-refractivity contribution in [2.45, 2.75) is 6.42 Å². The van der Waals surface area contributed by atoms with Crippen LogP contribution in [0.4, 0.5) is 17.1 Å². The van der Waals surface area contributed by atoms with E-state index in [1.807, 2.05) is 11.3 Å². The highest BCUT2D eigenvalue weighted by atomic mass is 32.1. The van der Waals surface area contributed by atoms with Crippen molar-refractivity contribution in [3.63, 3.8) is 0 Å². The number of nitrogens with zero attached hydrogens (tertiary/aromatic N) is 2. The minimum absolute atomic E-state index is 0.965. The number of para-hydroxylation sites is 2. The average molecular weight is 679 g/mol. The molecule has 1 aliphatic rings. The van der Waals surface area contributed by atoms with Gasteiger partial charge in [-0.2, -0.15) is 0 Å². The fourth-order valence-corrected chi connectivity index (χ4v) is 10.1. The summed E-state index contributed by atoms with van der Waals surface area (Å²) in [5.74, 6) is 0. The fraction of sp³-hybridized carbons (Fsp3) is 0.0204. The predicted octanol–water partition coefficient (Wildman–Crippen LogP) is 13.9. The third kappa shape index (κ3) is 3.94. The number of benzene rings is 8. The van der Waals surface area contributed by atoms with E-state index in [1.54, 1.807) is 0 Å². The number of thiophene rings is 1. The summed E-state index contributed by atoms with van der Waals surface area (Å²) in [6.07, 6.45) is 0.965. The minimum Gasteiger partial charge on any atom is -0.310 e. The number of hydrogen-bond acceptors (Lipinski definition) is 2. The first-order valence-corrected chi connectivity index (χ1v) is 18.8. The molecule has 3 aromatic heterocycles. The molecule has 0 unspecified atom stereocenters. The number of hydrogen-bond donors (Lipinski definition) is 0. The Labute approximate surface area is 304 Å². The summed E-state index contributed by atoms with van der Waals surface area (Å²) >= 11 is 1.87. The van der Waals surface area contributed by atoms with Gasteiger partial charge in [-0.05, 0) is 107 Å². The molecule has 8 aromatic carbocycles.